The maximum atomic E-state index is 12.1. The number of amides is 1. The van der Waals surface area contributed by atoms with E-state index in [0.29, 0.717) is 10.6 Å². The SMILES string of the molecule is Cc1ccc(C(=O)Nc2c(C)n[nH]c2C)cc1Cl. The Morgan fingerprint density at radius 1 is 1.33 bits per heavy atom. The number of carbonyl (C=O) groups excluding carboxylic acids is 1. The van der Waals surface area contributed by atoms with Gasteiger partial charge in [0.15, 0.2) is 0 Å². The van der Waals surface area contributed by atoms with Crippen LogP contribution >= 0.6 is 11.6 Å². The van der Waals surface area contributed by atoms with E-state index < -0.39 is 0 Å². The summed E-state index contributed by atoms with van der Waals surface area (Å²) in [6.45, 7) is 5.59. The van der Waals surface area contributed by atoms with E-state index >= 15 is 0 Å². The highest BCUT2D eigenvalue weighted by Gasteiger charge is 2.12. The summed E-state index contributed by atoms with van der Waals surface area (Å²) < 4.78 is 0. The fraction of sp³-hybridized carbons (Fsp3) is 0.231. The molecule has 1 amide bonds. The van der Waals surface area contributed by atoms with Crippen LogP contribution in [0.3, 0.4) is 0 Å². The fourth-order valence-corrected chi connectivity index (χ4v) is 1.84. The molecule has 2 rings (SSSR count). The Labute approximate surface area is 110 Å². The van der Waals surface area contributed by atoms with Gasteiger partial charge in [-0.15, -0.1) is 0 Å². The number of aryl methyl sites for hydroxylation is 3. The number of hydrogen-bond donors (Lipinski definition) is 2. The third kappa shape index (κ3) is 2.38. The third-order valence-electron chi connectivity index (χ3n) is 2.80. The number of nitrogens with one attached hydrogen (secondary N) is 2. The van der Waals surface area contributed by atoms with Gasteiger partial charge >= 0.3 is 0 Å². The number of aromatic amines is 1. The number of anilines is 1. The van der Waals surface area contributed by atoms with E-state index in [9.17, 15) is 4.79 Å². The lowest BCUT2D eigenvalue weighted by Crippen LogP contribution is -2.13. The van der Waals surface area contributed by atoms with Crippen molar-refractivity contribution in [3.8, 4) is 0 Å². The van der Waals surface area contributed by atoms with Gasteiger partial charge in [0, 0.05) is 10.6 Å². The van der Waals surface area contributed by atoms with Crippen molar-refractivity contribution < 1.29 is 4.79 Å². The van der Waals surface area contributed by atoms with Crippen LogP contribution in [0, 0.1) is 20.8 Å². The molecule has 0 aliphatic heterocycles. The molecule has 2 aromatic rings. The average Bonchev–Trinajstić information content (AvgIpc) is 2.64. The summed E-state index contributed by atoms with van der Waals surface area (Å²) in [6, 6.07) is 5.24. The van der Waals surface area contributed by atoms with Gasteiger partial charge in [0.2, 0.25) is 0 Å². The number of H-pyrrole nitrogens is 1. The zero-order valence-corrected chi connectivity index (χ0v) is 11.2. The molecule has 0 fully saturated rings. The lowest BCUT2D eigenvalue weighted by Gasteiger charge is -2.06. The molecule has 0 bridgehead atoms. The first-order chi connectivity index (χ1) is 8.49. The molecule has 1 aromatic heterocycles. The molecule has 1 aromatic carbocycles. The Morgan fingerprint density at radius 2 is 2.06 bits per heavy atom. The van der Waals surface area contributed by atoms with E-state index in [2.05, 4.69) is 15.5 Å². The molecular formula is C13H14ClN3O. The van der Waals surface area contributed by atoms with E-state index in [1.807, 2.05) is 26.8 Å². The third-order valence-corrected chi connectivity index (χ3v) is 3.21. The second kappa shape index (κ2) is 4.82. The molecule has 0 radical (unpaired) electrons. The van der Waals surface area contributed by atoms with Crippen LogP contribution in [0.4, 0.5) is 5.69 Å². The van der Waals surface area contributed by atoms with Crippen LogP contribution < -0.4 is 5.32 Å². The zero-order chi connectivity index (χ0) is 13.3. The zero-order valence-electron chi connectivity index (χ0n) is 10.5. The molecule has 94 valence electrons. The van der Waals surface area contributed by atoms with Crippen molar-refractivity contribution in [1.29, 1.82) is 0 Å². The van der Waals surface area contributed by atoms with Crippen molar-refractivity contribution in [2.45, 2.75) is 20.8 Å². The summed E-state index contributed by atoms with van der Waals surface area (Å²) in [4.78, 5) is 12.1. The number of carbonyl (C=O) groups is 1. The van der Waals surface area contributed by atoms with Gasteiger partial charge in [-0.25, -0.2) is 0 Å². The molecule has 0 atom stereocenters. The first-order valence-electron chi connectivity index (χ1n) is 5.58. The predicted molar refractivity (Wildman–Crippen MR) is 72.2 cm³/mol. The van der Waals surface area contributed by atoms with Crippen LogP contribution in [-0.4, -0.2) is 16.1 Å². The van der Waals surface area contributed by atoms with E-state index in [0.717, 1.165) is 22.6 Å². The Bertz CT molecular complexity index is 585. The maximum absolute atomic E-state index is 12.1. The number of halogens is 1. The number of nitrogens with zero attached hydrogens (tertiary/aromatic N) is 1. The van der Waals surface area contributed by atoms with Gasteiger partial charge in [0.1, 0.15) is 0 Å². The largest absolute Gasteiger partial charge is 0.319 e. The van der Waals surface area contributed by atoms with Crippen LogP contribution in [0.5, 0.6) is 0 Å². The predicted octanol–water partition coefficient (Wildman–Crippen LogP) is 3.24. The molecule has 5 heteroatoms. The van der Waals surface area contributed by atoms with Crippen LogP contribution in [0.1, 0.15) is 27.3 Å². The summed E-state index contributed by atoms with van der Waals surface area (Å²) in [5.41, 5.74) is 3.80. The smallest absolute Gasteiger partial charge is 0.255 e. The van der Waals surface area contributed by atoms with E-state index in [1.54, 1.807) is 12.1 Å². The highest BCUT2D eigenvalue weighted by atomic mass is 35.5. The van der Waals surface area contributed by atoms with Crippen molar-refractivity contribution in [1.82, 2.24) is 10.2 Å². The maximum Gasteiger partial charge on any atom is 0.255 e. The van der Waals surface area contributed by atoms with Crippen molar-refractivity contribution >= 4 is 23.2 Å². The minimum atomic E-state index is -0.190. The Kier molecular flexibility index (Phi) is 3.39. The summed E-state index contributed by atoms with van der Waals surface area (Å²) in [5, 5.41) is 10.3. The molecule has 0 aliphatic carbocycles. The molecule has 0 spiro atoms. The Hall–Kier alpha value is -1.81. The lowest BCUT2D eigenvalue weighted by molar-refractivity contribution is 0.102. The van der Waals surface area contributed by atoms with Crippen LogP contribution in [-0.2, 0) is 0 Å². The van der Waals surface area contributed by atoms with Crippen molar-refractivity contribution in [2.75, 3.05) is 5.32 Å². The first-order valence-corrected chi connectivity index (χ1v) is 5.96. The van der Waals surface area contributed by atoms with Crippen molar-refractivity contribution in [3.05, 3.63) is 45.7 Å². The van der Waals surface area contributed by atoms with E-state index in [1.165, 1.54) is 0 Å². The van der Waals surface area contributed by atoms with E-state index in [-0.39, 0.29) is 5.91 Å². The van der Waals surface area contributed by atoms with Gasteiger partial charge in [0.25, 0.3) is 5.91 Å². The normalized spacial score (nSPS) is 10.4. The second-order valence-electron chi connectivity index (χ2n) is 4.23. The van der Waals surface area contributed by atoms with Gasteiger partial charge in [0.05, 0.1) is 17.1 Å². The topological polar surface area (TPSA) is 57.8 Å². The van der Waals surface area contributed by atoms with Crippen molar-refractivity contribution in [3.63, 3.8) is 0 Å². The monoisotopic (exact) mass is 263 g/mol. The molecule has 1 heterocycles. The molecule has 2 N–H and O–H groups in total. The average molecular weight is 264 g/mol. The minimum absolute atomic E-state index is 0.190. The van der Waals surface area contributed by atoms with E-state index in [4.69, 9.17) is 11.6 Å². The van der Waals surface area contributed by atoms with Gasteiger partial charge in [-0.2, -0.15) is 5.10 Å². The number of aromatic nitrogens is 2. The van der Waals surface area contributed by atoms with Gasteiger partial charge in [-0.3, -0.25) is 9.89 Å². The van der Waals surface area contributed by atoms with Gasteiger partial charge < -0.3 is 5.32 Å². The second-order valence-corrected chi connectivity index (χ2v) is 4.63. The number of rotatable bonds is 2. The quantitative estimate of drug-likeness (QED) is 0.874. The molecule has 18 heavy (non-hydrogen) atoms. The minimum Gasteiger partial charge on any atom is -0.319 e. The highest BCUT2D eigenvalue weighted by molar-refractivity contribution is 6.31. The standard InChI is InChI=1S/C13H14ClN3O/c1-7-4-5-10(6-11(7)14)13(18)15-12-8(2)16-17-9(12)3/h4-6H,1-3H3,(H,15,18)(H,16,17). The van der Waals surface area contributed by atoms with Crippen LogP contribution in [0.2, 0.25) is 5.02 Å². The first kappa shape index (κ1) is 12.6. The molecular weight excluding hydrogens is 250 g/mol. The Balaban J connectivity index is 2.25. The lowest BCUT2D eigenvalue weighted by atomic mass is 10.1. The molecule has 0 unspecified atom stereocenters. The fourth-order valence-electron chi connectivity index (χ4n) is 1.65. The van der Waals surface area contributed by atoms with Crippen LogP contribution in [0.15, 0.2) is 18.2 Å². The molecule has 4 nitrogen and oxygen atoms in total. The highest BCUT2D eigenvalue weighted by Crippen LogP contribution is 2.20. The van der Waals surface area contributed by atoms with Crippen LogP contribution in [0.25, 0.3) is 0 Å². The summed E-state index contributed by atoms with van der Waals surface area (Å²) in [7, 11) is 0. The van der Waals surface area contributed by atoms with Gasteiger partial charge in [-0.1, -0.05) is 17.7 Å². The number of hydrogen-bond acceptors (Lipinski definition) is 2. The molecule has 0 aliphatic rings. The van der Waals surface area contributed by atoms with Gasteiger partial charge in [-0.05, 0) is 38.5 Å². The summed E-state index contributed by atoms with van der Waals surface area (Å²) in [6.07, 6.45) is 0. The molecule has 0 saturated carbocycles. The Morgan fingerprint density at radius 3 is 2.61 bits per heavy atom. The molecule has 0 saturated heterocycles. The summed E-state index contributed by atoms with van der Waals surface area (Å²) in [5.74, 6) is -0.190. The number of benzene rings is 1. The van der Waals surface area contributed by atoms with Crippen molar-refractivity contribution in [2.24, 2.45) is 0 Å². The summed E-state index contributed by atoms with van der Waals surface area (Å²) >= 11 is 6.00.